The monoisotopic (exact) mass is 417 g/mol. The van der Waals surface area contributed by atoms with Gasteiger partial charge in [-0.1, -0.05) is 38.0 Å². The van der Waals surface area contributed by atoms with Crippen molar-refractivity contribution in [1.29, 1.82) is 0 Å². The van der Waals surface area contributed by atoms with Crippen LogP contribution in [0.2, 0.25) is 0 Å². The molecule has 0 saturated carbocycles. The highest BCUT2D eigenvalue weighted by atomic mass is 16.6. The van der Waals surface area contributed by atoms with E-state index in [1.807, 2.05) is 6.92 Å². The molecular weight excluding hydrogens is 386 g/mol. The molecule has 0 aromatic heterocycles. The normalized spacial score (nSPS) is 11.7. The van der Waals surface area contributed by atoms with Crippen LogP contribution in [-0.4, -0.2) is 46.6 Å². The summed E-state index contributed by atoms with van der Waals surface area (Å²) in [5.41, 5.74) is 0.0104. The van der Waals surface area contributed by atoms with E-state index in [-0.39, 0.29) is 11.3 Å². The van der Waals surface area contributed by atoms with Gasteiger partial charge in [0.1, 0.15) is 17.9 Å². The summed E-state index contributed by atoms with van der Waals surface area (Å²) in [6.45, 7) is 8.68. The lowest BCUT2D eigenvalue weighted by molar-refractivity contribution is -0.136. The molecule has 1 atom stereocenters. The summed E-state index contributed by atoms with van der Waals surface area (Å²) < 4.78 is 5.10. The summed E-state index contributed by atoms with van der Waals surface area (Å²) >= 11 is 0. The van der Waals surface area contributed by atoms with Gasteiger partial charge in [-0.25, -0.2) is 4.79 Å². The van der Waals surface area contributed by atoms with Crippen LogP contribution in [0.15, 0.2) is 18.2 Å². The molecule has 30 heavy (non-hydrogen) atoms. The maximum absolute atomic E-state index is 12.9. The molecule has 0 aliphatic heterocycles. The molecule has 8 heteroatoms. The van der Waals surface area contributed by atoms with Crippen LogP contribution in [0.25, 0.3) is 0 Å². The molecule has 0 radical (unpaired) electrons. The Hall–Kier alpha value is -3.21. The first kappa shape index (κ1) is 24.8. The van der Waals surface area contributed by atoms with E-state index >= 15 is 0 Å². The van der Waals surface area contributed by atoms with Gasteiger partial charge >= 0.3 is 6.09 Å². The molecule has 0 spiro atoms. The molecule has 8 nitrogen and oxygen atoms in total. The lowest BCUT2D eigenvalue weighted by Crippen LogP contribution is -2.46. The number of aryl methyl sites for hydroxylation is 1. The second-order valence-corrected chi connectivity index (χ2v) is 7.81. The Kier molecular flexibility index (Phi) is 9.18. The molecule has 3 N–H and O–H groups in total. The Balaban J connectivity index is 3.11. The number of carbonyl (C=O) groups excluding carboxylic acids is 3. The van der Waals surface area contributed by atoms with Gasteiger partial charge in [-0.05, 0) is 39.7 Å². The SMILES string of the molecule is C#CN(C(=O)CNC(=O)OC(C)(C)C)C(C(=O)NCCCC)c1cccc(C)c1O. The first-order chi connectivity index (χ1) is 14.0. The van der Waals surface area contributed by atoms with Gasteiger partial charge in [0, 0.05) is 18.2 Å². The highest BCUT2D eigenvalue weighted by Gasteiger charge is 2.33. The van der Waals surface area contributed by atoms with E-state index in [4.69, 9.17) is 11.2 Å². The molecule has 0 bridgehead atoms. The van der Waals surface area contributed by atoms with Crippen molar-refractivity contribution in [1.82, 2.24) is 15.5 Å². The van der Waals surface area contributed by atoms with Gasteiger partial charge in [0.2, 0.25) is 5.91 Å². The summed E-state index contributed by atoms with van der Waals surface area (Å²) in [6.07, 6.45) is 6.39. The number of phenolic OH excluding ortho intramolecular Hbond substituents is 1. The zero-order valence-corrected chi connectivity index (χ0v) is 18.2. The fourth-order valence-electron chi connectivity index (χ4n) is 2.62. The van der Waals surface area contributed by atoms with Crippen LogP contribution >= 0.6 is 0 Å². The number of para-hydroxylation sites is 1. The molecule has 1 rings (SSSR count). The predicted octanol–water partition coefficient (Wildman–Crippen LogP) is 2.60. The number of terminal acetylenes is 1. The number of benzene rings is 1. The van der Waals surface area contributed by atoms with Crippen LogP contribution in [-0.2, 0) is 14.3 Å². The first-order valence-electron chi connectivity index (χ1n) is 9.83. The highest BCUT2D eigenvalue weighted by molar-refractivity contribution is 5.92. The number of nitrogens with zero attached hydrogens (tertiary/aromatic N) is 1. The largest absolute Gasteiger partial charge is 0.507 e. The van der Waals surface area contributed by atoms with Crippen molar-refractivity contribution in [2.24, 2.45) is 0 Å². The summed E-state index contributed by atoms with van der Waals surface area (Å²) in [5.74, 6) is -1.34. The van der Waals surface area contributed by atoms with E-state index in [9.17, 15) is 19.5 Å². The van der Waals surface area contributed by atoms with Gasteiger partial charge in [-0.15, -0.1) is 0 Å². The summed E-state index contributed by atoms with van der Waals surface area (Å²) in [5, 5.41) is 15.6. The van der Waals surface area contributed by atoms with E-state index in [1.165, 1.54) is 6.07 Å². The molecule has 1 aromatic rings. The van der Waals surface area contributed by atoms with E-state index in [0.717, 1.165) is 17.7 Å². The van der Waals surface area contributed by atoms with Crippen molar-refractivity contribution in [2.45, 2.75) is 59.1 Å². The summed E-state index contributed by atoms with van der Waals surface area (Å²) in [4.78, 5) is 38.3. The van der Waals surface area contributed by atoms with E-state index in [0.29, 0.717) is 12.1 Å². The average molecular weight is 418 g/mol. The fraction of sp³-hybridized carbons (Fsp3) is 0.500. The molecule has 1 unspecified atom stereocenters. The van der Waals surface area contributed by atoms with Gasteiger partial charge in [0.15, 0.2) is 6.04 Å². The first-order valence-corrected chi connectivity index (χ1v) is 9.83. The van der Waals surface area contributed by atoms with E-state index in [2.05, 4.69) is 16.7 Å². The zero-order chi connectivity index (χ0) is 22.9. The standard InChI is InChI=1S/C22H31N3O5/c1-7-9-13-23-20(28)18(16-12-10-11-15(3)19(16)27)25(8-2)17(26)14-24-21(29)30-22(4,5)6/h2,10-12,18,27H,7,9,13-14H2,1,3-6H3,(H,23,28)(H,24,29). The number of phenols is 1. The maximum Gasteiger partial charge on any atom is 0.408 e. The third-order valence-electron chi connectivity index (χ3n) is 4.09. The number of rotatable bonds is 8. The number of ether oxygens (including phenoxy) is 1. The summed E-state index contributed by atoms with van der Waals surface area (Å²) in [7, 11) is 0. The van der Waals surface area contributed by atoms with Crippen molar-refractivity contribution in [3.8, 4) is 18.2 Å². The second-order valence-electron chi connectivity index (χ2n) is 7.81. The van der Waals surface area contributed by atoms with Crippen molar-refractivity contribution >= 4 is 17.9 Å². The van der Waals surface area contributed by atoms with Crippen LogP contribution in [0.5, 0.6) is 5.75 Å². The van der Waals surface area contributed by atoms with Gasteiger partial charge in [-0.2, -0.15) is 0 Å². The Morgan fingerprint density at radius 1 is 1.27 bits per heavy atom. The predicted molar refractivity (Wildman–Crippen MR) is 113 cm³/mol. The Bertz CT molecular complexity index is 808. The van der Waals surface area contributed by atoms with Gasteiger partial charge < -0.3 is 20.5 Å². The second kappa shape index (κ2) is 11.1. The molecule has 1 aromatic carbocycles. The molecule has 0 aliphatic carbocycles. The van der Waals surface area contributed by atoms with Crippen LogP contribution in [0.1, 0.15) is 57.7 Å². The smallest absolute Gasteiger partial charge is 0.408 e. The van der Waals surface area contributed by atoms with Gasteiger partial charge in [0.05, 0.1) is 0 Å². The number of aromatic hydroxyl groups is 1. The van der Waals surface area contributed by atoms with Crippen LogP contribution in [0.4, 0.5) is 4.79 Å². The van der Waals surface area contributed by atoms with Gasteiger partial charge in [0.25, 0.3) is 5.91 Å². The number of unbranched alkanes of at least 4 members (excludes halogenated alkanes) is 1. The third kappa shape index (κ3) is 7.32. The fourth-order valence-corrected chi connectivity index (χ4v) is 2.62. The number of amides is 3. The van der Waals surface area contributed by atoms with Crippen molar-refractivity contribution in [2.75, 3.05) is 13.1 Å². The van der Waals surface area contributed by atoms with Crippen molar-refractivity contribution < 1.29 is 24.2 Å². The van der Waals surface area contributed by atoms with Crippen LogP contribution in [0.3, 0.4) is 0 Å². The quantitative estimate of drug-likeness (QED) is 0.342. The lowest BCUT2D eigenvalue weighted by Gasteiger charge is -2.27. The topological polar surface area (TPSA) is 108 Å². The van der Waals surface area contributed by atoms with E-state index in [1.54, 1.807) is 39.8 Å². The van der Waals surface area contributed by atoms with Crippen LogP contribution < -0.4 is 10.6 Å². The number of hydrogen-bond donors (Lipinski definition) is 3. The Morgan fingerprint density at radius 2 is 1.93 bits per heavy atom. The Morgan fingerprint density at radius 3 is 2.50 bits per heavy atom. The number of nitrogens with one attached hydrogen (secondary N) is 2. The zero-order valence-electron chi connectivity index (χ0n) is 18.2. The molecule has 3 amide bonds. The Labute approximate surface area is 178 Å². The molecule has 0 saturated heterocycles. The van der Waals surface area contributed by atoms with Crippen molar-refractivity contribution in [3.63, 3.8) is 0 Å². The minimum Gasteiger partial charge on any atom is -0.507 e. The number of carbonyl (C=O) groups is 3. The summed E-state index contributed by atoms with van der Waals surface area (Å²) in [6, 6.07) is 5.83. The molecule has 0 fully saturated rings. The molecule has 0 heterocycles. The third-order valence-corrected chi connectivity index (χ3v) is 4.09. The maximum atomic E-state index is 12.9. The highest BCUT2D eigenvalue weighted by Crippen LogP contribution is 2.31. The molecule has 0 aliphatic rings. The van der Waals surface area contributed by atoms with Gasteiger partial charge in [-0.3, -0.25) is 14.5 Å². The van der Waals surface area contributed by atoms with Crippen LogP contribution in [0, 0.1) is 19.4 Å². The minimum absolute atomic E-state index is 0.124. The van der Waals surface area contributed by atoms with Crippen molar-refractivity contribution in [3.05, 3.63) is 29.3 Å². The molecular formula is C22H31N3O5. The number of alkyl carbamates (subject to hydrolysis) is 1. The minimum atomic E-state index is -1.25. The lowest BCUT2D eigenvalue weighted by atomic mass is 10.0. The number of hydrogen-bond acceptors (Lipinski definition) is 5. The van der Waals surface area contributed by atoms with E-state index < -0.39 is 36.1 Å². The average Bonchev–Trinajstić information content (AvgIpc) is 2.65. The molecule has 164 valence electrons.